The van der Waals surface area contributed by atoms with Gasteiger partial charge in [0, 0.05) is 11.7 Å². The van der Waals surface area contributed by atoms with Crippen LogP contribution in [0.5, 0.6) is 0 Å². The number of nitrogens with one attached hydrogen (secondary N) is 1. The van der Waals surface area contributed by atoms with E-state index in [1.54, 1.807) is 0 Å². The molecule has 94 valence electrons. The van der Waals surface area contributed by atoms with Gasteiger partial charge in [-0.3, -0.25) is 0 Å². The van der Waals surface area contributed by atoms with Gasteiger partial charge >= 0.3 is 0 Å². The fraction of sp³-hybridized carbons (Fsp3) is 0.600. The van der Waals surface area contributed by atoms with Crippen molar-refractivity contribution in [2.24, 2.45) is 11.7 Å². The standard InChI is InChI=1S/C15H24N2/c1-11(2)12-6-8-14(9-7-12)17-15-5-3-4-13(15)10-16/h6-9,11,13,15,17H,3-5,10,16H2,1-2H3. The Morgan fingerprint density at radius 1 is 1.24 bits per heavy atom. The highest BCUT2D eigenvalue weighted by molar-refractivity contribution is 5.46. The molecule has 1 aliphatic carbocycles. The van der Waals surface area contributed by atoms with Crippen LogP contribution < -0.4 is 11.1 Å². The van der Waals surface area contributed by atoms with Gasteiger partial charge in [-0.05, 0) is 48.9 Å². The predicted octanol–water partition coefficient (Wildman–Crippen LogP) is 3.35. The van der Waals surface area contributed by atoms with E-state index in [9.17, 15) is 0 Å². The van der Waals surface area contributed by atoms with Gasteiger partial charge < -0.3 is 11.1 Å². The zero-order valence-corrected chi connectivity index (χ0v) is 10.9. The molecule has 1 fully saturated rings. The van der Waals surface area contributed by atoms with Crippen LogP contribution in [0.1, 0.15) is 44.6 Å². The lowest BCUT2D eigenvalue weighted by atomic mass is 10.0. The first kappa shape index (κ1) is 12.4. The van der Waals surface area contributed by atoms with Crippen LogP contribution in [-0.2, 0) is 0 Å². The van der Waals surface area contributed by atoms with Crippen molar-refractivity contribution in [2.45, 2.75) is 45.1 Å². The third-order valence-corrected chi connectivity index (χ3v) is 3.89. The molecule has 0 spiro atoms. The minimum absolute atomic E-state index is 0.574. The second-order valence-electron chi connectivity index (χ2n) is 5.45. The van der Waals surface area contributed by atoms with Crippen molar-refractivity contribution in [3.63, 3.8) is 0 Å². The van der Waals surface area contributed by atoms with E-state index in [0.717, 1.165) is 6.54 Å². The molecule has 2 nitrogen and oxygen atoms in total. The fourth-order valence-electron chi connectivity index (χ4n) is 2.69. The molecule has 2 unspecified atom stereocenters. The molecule has 1 aromatic rings. The molecule has 0 bridgehead atoms. The molecule has 2 heteroatoms. The van der Waals surface area contributed by atoms with Gasteiger partial charge in [0.1, 0.15) is 0 Å². The van der Waals surface area contributed by atoms with Crippen molar-refractivity contribution < 1.29 is 0 Å². The fourth-order valence-corrected chi connectivity index (χ4v) is 2.69. The molecule has 3 N–H and O–H groups in total. The lowest BCUT2D eigenvalue weighted by Crippen LogP contribution is -2.29. The van der Waals surface area contributed by atoms with Crippen LogP contribution in [0.25, 0.3) is 0 Å². The van der Waals surface area contributed by atoms with Gasteiger partial charge in [0.2, 0.25) is 0 Å². The average molecular weight is 232 g/mol. The van der Waals surface area contributed by atoms with E-state index >= 15 is 0 Å². The molecule has 1 aromatic carbocycles. The topological polar surface area (TPSA) is 38.0 Å². The average Bonchev–Trinajstić information content (AvgIpc) is 2.77. The third-order valence-electron chi connectivity index (χ3n) is 3.89. The van der Waals surface area contributed by atoms with Crippen LogP contribution in [0.3, 0.4) is 0 Å². The summed E-state index contributed by atoms with van der Waals surface area (Å²) >= 11 is 0. The van der Waals surface area contributed by atoms with E-state index in [4.69, 9.17) is 5.73 Å². The molecule has 0 amide bonds. The van der Waals surface area contributed by atoms with E-state index in [1.807, 2.05) is 0 Å². The largest absolute Gasteiger partial charge is 0.382 e. The summed E-state index contributed by atoms with van der Waals surface area (Å²) in [5.41, 5.74) is 8.44. The van der Waals surface area contributed by atoms with Gasteiger partial charge in [0.25, 0.3) is 0 Å². The minimum Gasteiger partial charge on any atom is -0.382 e. The smallest absolute Gasteiger partial charge is 0.0342 e. The Labute approximate surface area is 105 Å². The molecule has 0 saturated heterocycles. The lowest BCUT2D eigenvalue weighted by Gasteiger charge is -2.21. The first-order valence-corrected chi connectivity index (χ1v) is 6.77. The summed E-state index contributed by atoms with van der Waals surface area (Å²) in [6.45, 7) is 5.26. The van der Waals surface area contributed by atoms with Crippen LogP contribution in [0, 0.1) is 5.92 Å². The van der Waals surface area contributed by atoms with E-state index in [2.05, 4.69) is 43.4 Å². The van der Waals surface area contributed by atoms with Crippen LogP contribution in [0.2, 0.25) is 0 Å². The van der Waals surface area contributed by atoms with Gasteiger partial charge in [0.15, 0.2) is 0 Å². The second-order valence-corrected chi connectivity index (χ2v) is 5.45. The van der Waals surface area contributed by atoms with E-state index in [-0.39, 0.29) is 0 Å². The number of benzene rings is 1. The highest BCUT2D eigenvalue weighted by Crippen LogP contribution is 2.28. The van der Waals surface area contributed by atoms with E-state index in [1.165, 1.54) is 30.5 Å². The first-order chi connectivity index (χ1) is 8.20. The number of hydrogen-bond donors (Lipinski definition) is 2. The summed E-state index contributed by atoms with van der Waals surface area (Å²) in [5.74, 6) is 1.26. The Hall–Kier alpha value is -1.02. The first-order valence-electron chi connectivity index (χ1n) is 6.77. The Balaban J connectivity index is 1.99. The quantitative estimate of drug-likeness (QED) is 0.835. The molecule has 0 heterocycles. The molecule has 0 aliphatic heterocycles. The molecule has 2 rings (SSSR count). The van der Waals surface area contributed by atoms with Crippen molar-refractivity contribution >= 4 is 5.69 Å². The molecule has 2 atom stereocenters. The maximum absolute atomic E-state index is 5.80. The summed E-state index contributed by atoms with van der Waals surface area (Å²) in [6.07, 6.45) is 3.84. The monoisotopic (exact) mass is 232 g/mol. The van der Waals surface area contributed by atoms with Crippen LogP contribution in [0.15, 0.2) is 24.3 Å². The van der Waals surface area contributed by atoms with Gasteiger partial charge in [0.05, 0.1) is 0 Å². The highest BCUT2D eigenvalue weighted by atomic mass is 14.9. The van der Waals surface area contributed by atoms with Crippen molar-refractivity contribution in [2.75, 3.05) is 11.9 Å². The van der Waals surface area contributed by atoms with E-state index < -0.39 is 0 Å². The van der Waals surface area contributed by atoms with Gasteiger partial charge in [-0.15, -0.1) is 0 Å². The molecule has 1 aliphatic rings. The van der Waals surface area contributed by atoms with Crippen molar-refractivity contribution in [1.29, 1.82) is 0 Å². The third kappa shape index (κ3) is 3.01. The number of hydrogen-bond acceptors (Lipinski definition) is 2. The maximum atomic E-state index is 5.80. The van der Waals surface area contributed by atoms with Crippen molar-refractivity contribution in [3.05, 3.63) is 29.8 Å². The molecule has 0 radical (unpaired) electrons. The minimum atomic E-state index is 0.574. The SMILES string of the molecule is CC(C)c1ccc(NC2CCCC2CN)cc1. The Morgan fingerprint density at radius 3 is 2.53 bits per heavy atom. The zero-order chi connectivity index (χ0) is 12.3. The molecular formula is C15H24N2. The van der Waals surface area contributed by atoms with Gasteiger partial charge in [-0.25, -0.2) is 0 Å². The zero-order valence-electron chi connectivity index (χ0n) is 10.9. The summed E-state index contributed by atoms with van der Waals surface area (Å²) in [4.78, 5) is 0. The summed E-state index contributed by atoms with van der Waals surface area (Å²) in [6, 6.07) is 9.41. The predicted molar refractivity (Wildman–Crippen MR) is 74.3 cm³/mol. The number of anilines is 1. The Morgan fingerprint density at radius 2 is 1.94 bits per heavy atom. The number of rotatable bonds is 4. The molecular weight excluding hydrogens is 208 g/mol. The molecule has 1 saturated carbocycles. The maximum Gasteiger partial charge on any atom is 0.0342 e. The molecule has 0 aromatic heterocycles. The lowest BCUT2D eigenvalue weighted by molar-refractivity contribution is 0.516. The van der Waals surface area contributed by atoms with Crippen LogP contribution in [-0.4, -0.2) is 12.6 Å². The second kappa shape index (κ2) is 5.54. The summed E-state index contributed by atoms with van der Waals surface area (Å²) in [7, 11) is 0. The number of nitrogens with two attached hydrogens (primary N) is 1. The Bertz CT molecular complexity index is 342. The van der Waals surface area contributed by atoms with Crippen molar-refractivity contribution in [1.82, 2.24) is 0 Å². The van der Waals surface area contributed by atoms with Gasteiger partial charge in [-0.1, -0.05) is 32.4 Å². The van der Waals surface area contributed by atoms with E-state index in [0.29, 0.717) is 17.9 Å². The normalized spacial score (nSPS) is 24.2. The van der Waals surface area contributed by atoms with Crippen molar-refractivity contribution in [3.8, 4) is 0 Å². The van der Waals surface area contributed by atoms with Gasteiger partial charge in [-0.2, -0.15) is 0 Å². The summed E-state index contributed by atoms with van der Waals surface area (Å²) < 4.78 is 0. The Kier molecular flexibility index (Phi) is 4.06. The molecule has 17 heavy (non-hydrogen) atoms. The highest BCUT2D eigenvalue weighted by Gasteiger charge is 2.25. The van der Waals surface area contributed by atoms with Crippen LogP contribution in [0.4, 0.5) is 5.69 Å². The summed E-state index contributed by atoms with van der Waals surface area (Å²) in [5, 5.41) is 3.63. The van der Waals surface area contributed by atoms with Crippen LogP contribution >= 0.6 is 0 Å².